The quantitative estimate of drug-likeness (QED) is 0.114. The maximum absolute atomic E-state index is 13.5. The van der Waals surface area contributed by atoms with Gasteiger partial charge in [-0.15, -0.1) is 0 Å². The normalized spacial score (nSPS) is 20.2. The number of rotatable bonds is 14. The second-order valence-electron chi connectivity index (χ2n) is 13.7. The number of hydrogen-bond donors (Lipinski definition) is 1. The highest BCUT2D eigenvalue weighted by Gasteiger charge is 2.48. The molecule has 1 N–H and O–H groups in total. The monoisotopic (exact) mass is 743 g/mol. The Morgan fingerprint density at radius 1 is 0.655 bits per heavy atom. The van der Waals surface area contributed by atoms with Gasteiger partial charge in [-0.2, -0.15) is 0 Å². The van der Waals surface area contributed by atoms with Gasteiger partial charge in [-0.05, 0) is 45.9 Å². The van der Waals surface area contributed by atoms with Crippen LogP contribution in [0, 0.1) is 0 Å². The molecule has 10 nitrogen and oxygen atoms in total. The van der Waals surface area contributed by atoms with Crippen LogP contribution in [0.5, 0.6) is 0 Å². The van der Waals surface area contributed by atoms with Crippen molar-refractivity contribution in [2.75, 3.05) is 19.8 Å². The number of carbonyl (C=O) groups is 2. The molecule has 2 aliphatic rings. The van der Waals surface area contributed by atoms with Gasteiger partial charge in [-0.1, -0.05) is 140 Å². The van der Waals surface area contributed by atoms with E-state index in [0.29, 0.717) is 0 Å². The van der Waals surface area contributed by atoms with E-state index in [4.69, 9.17) is 28.4 Å². The van der Waals surface area contributed by atoms with Crippen LogP contribution in [0.1, 0.15) is 40.7 Å². The van der Waals surface area contributed by atoms with Crippen molar-refractivity contribution in [3.8, 4) is 11.1 Å². The first-order chi connectivity index (χ1) is 26.9. The molecule has 1 aliphatic carbocycles. The molecule has 284 valence electrons. The zero-order chi connectivity index (χ0) is 38.0. The molecule has 7 rings (SSSR count). The molecule has 5 aromatic carbocycles. The second kappa shape index (κ2) is 18.2. The van der Waals surface area contributed by atoms with E-state index in [1.807, 2.05) is 127 Å². The Balaban J connectivity index is 1.05. The van der Waals surface area contributed by atoms with E-state index in [0.717, 1.165) is 38.9 Å². The highest BCUT2D eigenvalue weighted by Crippen LogP contribution is 2.44. The summed E-state index contributed by atoms with van der Waals surface area (Å²) in [5.74, 6) is -0.178. The number of aliphatic hydroxyl groups excluding tert-OH is 1. The largest absolute Gasteiger partial charge is 0.508 e. The minimum Gasteiger partial charge on any atom is -0.445 e. The third-order valence-corrected chi connectivity index (χ3v) is 9.93. The molecule has 10 heteroatoms. The third-order valence-electron chi connectivity index (χ3n) is 9.93. The van der Waals surface area contributed by atoms with Crippen molar-refractivity contribution in [1.82, 2.24) is 4.90 Å². The van der Waals surface area contributed by atoms with Gasteiger partial charge in [0, 0.05) is 19.0 Å². The number of fused-ring (bicyclic) bond motifs is 3. The number of carbonyl (C=O) groups excluding carboxylic acids is 2. The second-order valence-corrected chi connectivity index (χ2v) is 13.7. The molecular weight excluding hydrogens is 698 g/mol. The molecule has 55 heavy (non-hydrogen) atoms. The molecule has 0 aromatic heterocycles. The topological polar surface area (TPSA) is 113 Å². The number of nitrogens with zero attached hydrogens (tertiary/aromatic N) is 1. The van der Waals surface area contributed by atoms with E-state index in [1.54, 1.807) is 11.8 Å². The molecule has 1 amide bonds. The summed E-state index contributed by atoms with van der Waals surface area (Å²) in [6.07, 6.45) is -6.74. The highest BCUT2D eigenvalue weighted by atomic mass is 16.8. The van der Waals surface area contributed by atoms with E-state index >= 15 is 0 Å². The molecular formula is C45H45NO9. The molecule has 1 fully saturated rings. The van der Waals surface area contributed by atoms with E-state index in [-0.39, 0.29) is 45.4 Å². The lowest BCUT2D eigenvalue weighted by Gasteiger charge is -2.42. The zero-order valence-electron chi connectivity index (χ0n) is 30.6. The van der Waals surface area contributed by atoms with Crippen LogP contribution in [-0.2, 0) is 48.2 Å². The van der Waals surface area contributed by atoms with Gasteiger partial charge in [0.05, 0.1) is 19.3 Å². The lowest BCUT2D eigenvalue weighted by atomic mass is 9.98. The third kappa shape index (κ3) is 9.41. The summed E-state index contributed by atoms with van der Waals surface area (Å²) in [7, 11) is 0. The van der Waals surface area contributed by atoms with Gasteiger partial charge in [0.1, 0.15) is 25.4 Å². The SMILES string of the molecule is CC1O[C@@H](OCCN(Cc2ccccc2)C(=O)OCc2ccccc2)C(OC(=O)OCC2c3ccccc3-c3ccccc32)[C@H](OCc2ccccc2)[C@@H]1O. The Morgan fingerprint density at radius 2 is 1.20 bits per heavy atom. The van der Waals surface area contributed by atoms with Crippen LogP contribution in [0.25, 0.3) is 11.1 Å². The van der Waals surface area contributed by atoms with Crippen LogP contribution in [0.4, 0.5) is 9.59 Å². The Hall–Kier alpha value is -5.52. The maximum atomic E-state index is 13.5. The van der Waals surface area contributed by atoms with Crippen LogP contribution in [0.2, 0.25) is 0 Å². The summed E-state index contributed by atoms with van der Waals surface area (Å²) < 4.78 is 36.0. The molecule has 1 heterocycles. The standard InChI is InChI=1S/C45H45NO9/c1-31-40(47)41(51-28-33-17-7-3-8-18-33)42(55-45(49)53-30-39-37-23-13-11-21-35(37)36-22-12-14-24-38(36)39)43(54-31)50-26-25-46(27-32-15-5-2-6-16-32)44(48)52-29-34-19-9-4-10-20-34/h2-24,31,39-43,47H,25-30H2,1H3/t31?,40-,41-,42?,43-/m1/s1. The maximum Gasteiger partial charge on any atom is 0.508 e. The molecule has 0 spiro atoms. The number of aliphatic hydroxyl groups is 1. The minimum atomic E-state index is -1.21. The summed E-state index contributed by atoms with van der Waals surface area (Å²) in [6, 6.07) is 44.7. The molecule has 0 radical (unpaired) electrons. The predicted molar refractivity (Wildman–Crippen MR) is 205 cm³/mol. The smallest absolute Gasteiger partial charge is 0.445 e. The van der Waals surface area contributed by atoms with Crippen molar-refractivity contribution in [3.05, 3.63) is 167 Å². The average Bonchev–Trinajstić information content (AvgIpc) is 3.54. The van der Waals surface area contributed by atoms with Crippen LogP contribution >= 0.6 is 0 Å². The van der Waals surface area contributed by atoms with Crippen molar-refractivity contribution in [2.24, 2.45) is 0 Å². The lowest BCUT2D eigenvalue weighted by Crippen LogP contribution is -2.60. The average molecular weight is 744 g/mol. The Bertz CT molecular complexity index is 1950. The lowest BCUT2D eigenvalue weighted by molar-refractivity contribution is -0.303. The number of amides is 1. The summed E-state index contributed by atoms with van der Waals surface area (Å²) in [4.78, 5) is 28.5. The Morgan fingerprint density at radius 3 is 1.82 bits per heavy atom. The Labute approximate surface area is 321 Å². The minimum absolute atomic E-state index is 0.00327. The molecule has 0 bridgehead atoms. The van der Waals surface area contributed by atoms with Gasteiger partial charge >= 0.3 is 12.2 Å². The number of benzene rings is 5. The van der Waals surface area contributed by atoms with Gasteiger partial charge in [0.25, 0.3) is 0 Å². The molecule has 0 saturated carbocycles. The van der Waals surface area contributed by atoms with Gasteiger partial charge < -0.3 is 38.4 Å². The van der Waals surface area contributed by atoms with Crippen molar-refractivity contribution < 1.29 is 43.1 Å². The van der Waals surface area contributed by atoms with Gasteiger partial charge in [0.2, 0.25) is 0 Å². The van der Waals surface area contributed by atoms with Crippen LogP contribution in [0.3, 0.4) is 0 Å². The summed E-state index contributed by atoms with van der Waals surface area (Å²) in [5.41, 5.74) is 6.98. The number of ether oxygens (including phenoxy) is 6. The predicted octanol–water partition coefficient (Wildman–Crippen LogP) is 7.87. The molecule has 2 unspecified atom stereocenters. The molecule has 1 saturated heterocycles. The van der Waals surface area contributed by atoms with Crippen molar-refractivity contribution in [2.45, 2.75) is 63.3 Å². The van der Waals surface area contributed by atoms with Gasteiger partial charge in [-0.25, -0.2) is 9.59 Å². The van der Waals surface area contributed by atoms with Crippen LogP contribution < -0.4 is 0 Å². The van der Waals surface area contributed by atoms with E-state index in [2.05, 4.69) is 12.1 Å². The van der Waals surface area contributed by atoms with Crippen molar-refractivity contribution in [3.63, 3.8) is 0 Å². The van der Waals surface area contributed by atoms with Crippen LogP contribution in [-0.4, -0.2) is 72.7 Å². The highest BCUT2D eigenvalue weighted by molar-refractivity contribution is 5.79. The first-order valence-electron chi connectivity index (χ1n) is 18.6. The van der Waals surface area contributed by atoms with E-state index in [1.165, 1.54) is 0 Å². The fourth-order valence-electron chi connectivity index (χ4n) is 7.07. The molecule has 5 aromatic rings. The summed E-state index contributed by atoms with van der Waals surface area (Å²) >= 11 is 0. The molecule has 1 aliphatic heterocycles. The van der Waals surface area contributed by atoms with Crippen molar-refractivity contribution in [1.29, 1.82) is 0 Å². The zero-order valence-corrected chi connectivity index (χ0v) is 30.6. The first-order valence-corrected chi connectivity index (χ1v) is 18.6. The fourth-order valence-corrected chi connectivity index (χ4v) is 7.07. The summed E-state index contributed by atoms with van der Waals surface area (Å²) in [5, 5.41) is 11.3. The van der Waals surface area contributed by atoms with Gasteiger partial charge in [-0.3, -0.25) is 0 Å². The molecule has 5 atom stereocenters. The van der Waals surface area contributed by atoms with E-state index in [9.17, 15) is 14.7 Å². The van der Waals surface area contributed by atoms with Crippen LogP contribution in [0.15, 0.2) is 140 Å². The Kier molecular flexibility index (Phi) is 12.5. The fraction of sp³-hybridized carbons (Fsp3) is 0.289. The summed E-state index contributed by atoms with van der Waals surface area (Å²) in [6.45, 7) is 2.41. The van der Waals surface area contributed by atoms with Gasteiger partial charge in [0.15, 0.2) is 12.4 Å². The van der Waals surface area contributed by atoms with Crippen molar-refractivity contribution >= 4 is 12.2 Å². The van der Waals surface area contributed by atoms with E-state index < -0.39 is 43.0 Å². The number of hydrogen-bond acceptors (Lipinski definition) is 9. The first kappa shape index (κ1) is 37.8.